The standard InChI is InChI=1S/2C35H40ClN5O5.C16H24ClNO.C14H12ClN5.C12H14ClN5O/c1-25(2)46-34-26(22-39-18-20-44-21-19-39)6-5-9-31(34)41-32(37-30-8-4-3-7-29(30)35(41)43)23-38-14-16-40(17-15-38)33(42)24-45-28-12-10-27(36)11-13-28;1-25(2)46-32-21-26(22-39-17-19-44-20-18-39)7-12-31(32)41-33(37-30-6-4-3-5-29(30)35(41)43)23-38-13-15-40(16-14-38)34(42)24-45-28-10-8-27(36)9-11-28;1-3-4-5-6-7-11-18(16(19)13-17)15-10-8-9-14(2)12-15;15-8-12-18-13(16)20-14(19-12)17-11-6-5-9-3-1-2-4-10(9)7-11;1-2-19-9-5-3-8(4-6-9)15-12-17-10(7-13)16-11(14)18-12/h3-13,25H,14-24H2,1-2H3;3-12,21,25H,13-20,22-24H2,1-2H3;8-10,12H,3-7,11,13H2,1-2H3;1-7H,8H2,(H3,16,17,18,19,20);3-6H,2,7H2,1H3,(H3,14,15,16,17,18). The Kier molecular flexibility index (Phi) is 42.6. The Bertz CT molecular complexity index is 6900. The number of para-hydroxylation sites is 3. The molecule has 0 radical (unpaired) electrons. The van der Waals surface area contributed by atoms with E-state index in [0.717, 1.165) is 104 Å². The number of carbonyl (C=O) groups is 3. The fourth-order valence-electron chi connectivity index (χ4n) is 17.3. The number of hydrogen-bond donors (Lipinski definition) is 4. The normalized spacial score (nSPS) is 14.0. The van der Waals surface area contributed by atoms with E-state index in [0.29, 0.717) is 193 Å². The first-order valence-corrected chi connectivity index (χ1v) is 53.0. The van der Waals surface area contributed by atoms with Crippen LogP contribution in [0.15, 0.2) is 234 Å². The molecule has 0 unspecified atom stereocenters. The number of rotatable bonds is 36. The summed E-state index contributed by atoms with van der Waals surface area (Å²) in [5.41, 5.74) is 19.6. The molecule has 4 fully saturated rings. The maximum atomic E-state index is 14.2. The van der Waals surface area contributed by atoms with Crippen LogP contribution in [0.5, 0.6) is 28.7 Å². The molecule has 3 amide bonds. The molecule has 10 aromatic carbocycles. The molecule has 8 heterocycles. The highest BCUT2D eigenvalue weighted by molar-refractivity contribution is 6.31. The summed E-state index contributed by atoms with van der Waals surface area (Å²) in [6, 6.07) is 70.6. The molecule has 18 rings (SSSR count). The van der Waals surface area contributed by atoms with Crippen molar-refractivity contribution in [1.29, 1.82) is 0 Å². The van der Waals surface area contributed by atoms with E-state index in [1.807, 2.05) is 214 Å². The van der Waals surface area contributed by atoms with Gasteiger partial charge < -0.3 is 70.0 Å². The number of piperazine rings is 2. The summed E-state index contributed by atoms with van der Waals surface area (Å²) in [5, 5.41) is 10.8. The van der Waals surface area contributed by atoms with Crippen LogP contribution in [-0.4, -0.2) is 246 Å². The van der Waals surface area contributed by atoms with Crippen molar-refractivity contribution in [3.05, 3.63) is 295 Å². The molecular weight excluding hydrogens is 2010 g/mol. The van der Waals surface area contributed by atoms with Gasteiger partial charge in [0.15, 0.2) is 24.9 Å². The molecular formula is C112H130Cl5N21O12. The summed E-state index contributed by atoms with van der Waals surface area (Å²) in [4.78, 5) is 115. The lowest BCUT2D eigenvalue weighted by Gasteiger charge is -2.35. The fraction of sp³-hybridized carbons (Fsp3) is 0.366. The number of anilines is 7. The average molecular weight is 2140 g/mol. The van der Waals surface area contributed by atoms with Crippen LogP contribution in [0.1, 0.15) is 114 Å². The number of nitrogens with one attached hydrogen (secondary N) is 2. The van der Waals surface area contributed by atoms with Crippen LogP contribution in [0, 0.1) is 6.92 Å². The highest BCUT2D eigenvalue weighted by Crippen LogP contribution is 2.35. The van der Waals surface area contributed by atoms with Crippen LogP contribution in [0.4, 0.5) is 40.9 Å². The molecule has 6 N–H and O–H groups in total. The van der Waals surface area contributed by atoms with Crippen molar-refractivity contribution in [2.24, 2.45) is 0 Å². The number of benzene rings is 10. The summed E-state index contributed by atoms with van der Waals surface area (Å²) in [6.45, 7) is 28.9. The Hall–Kier alpha value is -13.4. The third-order valence-electron chi connectivity index (χ3n) is 24.8. The first kappa shape index (κ1) is 112. The second-order valence-electron chi connectivity index (χ2n) is 36.7. The zero-order chi connectivity index (χ0) is 106. The van der Waals surface area contributed by atoms with Crippen LogP contribution >= 0.6 is 58.0 Å². The van der Waals surface area contributed by atoms with Crippen molar-refractivity contribution in [2.75, 3.05) is 164 Å². The number of alkyl halides is 3. The van der Waals surface area contributed by atoms with E-state index >= 15 is 0 Å². The topological polar surface area (TPSA) is 362 Å². The van der Waals surface area contributed by atoms with Gasteiger partial charge in [-0.05, 0) is 209 Å². The molecule has 0 saturated carbocycles. The number of hydrogen-bond acceptors (Lipinski definition) is 28. The van der Waals surface area contributed by atoms with Crippen LogP contribution < -0.4 is 61.8 Å². The van der Waals surface area contributed by atoms with Gasteiger partial charge in [0.2, 0.25) is 29.7 Å². The van der Waals surface area contributed by atoms with Crippen molar-refractivity contribution in [3.8, 4) is 40.1 Å². The molecule has 0 bridgehead atoms. The van der Waals surface area contributed by atoms with E-state index in [-0.39, 0.29) is 83.8 Å². The Morgan fingerprint density at radius 1 is 0.447 bits per heavy atom. The Labute approximate surface area is 899 Å². The van der Waals surface area contributed by atoms with Crippen molar-refractivity contribution < 1.29 is 47.5 Å². The molecule has 0 spiro atoms. The van der Waals surface area contributed by atoms with Gasteiger partial charge in [0.05, 0.1) is 103 Å². The first-order chi connectivity index (χ1) is 72.8. The van der Waals surface area contributed by atoms with Gasteiger partial charge in [0, 0.05) is 131 Å². The number of morpholine rings is 2. The maximum absolute atomic E-state index is 14.2. The number of aromatic nitrogens is 10. The first-order valence-electron chi connectivity index (χ1n) is 50.6. The summed E-state index contributed by atoms with van der Waals surface area (Å²) in [6.07, 6.45) is 5.79. The number of nitrogens with two attached hydrogens (primary N) is 2. The highest BCUT2D eigenvalue weighted by atomic mass is 35.5. The number of fused-ring (bicyclic) bond motifs is 3. The highest BCUT2D eigenvalue weighted by Gasteiger charge is 2.30. The second kappa shape index (κ2) is 57.0. The Balaban J connectivity index is 0.000000157. The number of halogens is 5. The van der Waals surface area contributed by atoms with E-state index in [2.05, 4.69) is 85.3 Å². The zero-order valence-electron chi connectivity index (χ0n) is 85.7. The van der Waals surface area contributed by atoms with Gasteiger partial charge in [-0.1, -0.05) is 141 Å². The van der Waals surface area contributed by atoms with Gasteiger partial charge in [0.25, 0.3) is 22.9 Å². The van der Waals surface area contributed by atoms with Gasteiger partial charge in [-0.15, -0.1) is 34.8 Å². The smallest absolute Gasteiger partial charge is 0.266 e. The third-order valence-corrected chi connectivity index (χ3v) is 26.0. The lowest BCUT2D eigenvalue weighted by molar-refractivity contribution is -0.135. The number of unbranched alkanes of at least 4 members (excludes halogenated alkanes) is 4. The number of nitrogen functional groups attached to an aromatic ring is 2. The average Bonchev–Trinajstić information content (AvgIpc) is 0.764. The zero-order valence-corrected chi connectivity index (χ0v) is 89.5. The van der Waals surface area contributed by atoms with E-state index < -0.39 is 0 Å². The molecule has 790 valence electrons. The SMILES string of the molecule is CC(C)Oc1c(CN2CCOCC2)cccc1-n1c(CN2CCN(C(=O)COc3ccc(Cl)cc3)CC2)nc2ccccc2c1=O.CC(C)Oc1cc(CN2CCOCC2)ccc1-n1c(CN2CCN(C(=O)COc3ccc(Cl)cc3)CC2)nc2ccccc2c1=O.CCCCCCCN(C(=O)CCl)c1cccc(C)c1.CCOc1ccc(Nc2nc(N)nc(CCl)n2)cc1.Nc1nc(CCl)nc(Nc2ccc3ccccc3c2)n1. The van der Waals surface area contributed by atoms with E-state index in [9.17, 15) is 24.0 Å². The molecule has 150 heavy (non-hydrogen) atoms. The number of carbonyl (C=O) groups excluding carboxylic acids is 3. The Morgan fingerprint density at radius 3 is 1.45 bits per heavy atom. The lowest BCUT2D eigenvalue weighted by atomic mass is 10.1. The number of nitrogens with zero attached hydrogens (tertiary/aromatic N) is 17. The number of amides is 3. The summed E-state index contributed by atoms with van der Waals surface area (Å²) >= 11 is 29.0. The minimum atomic E-state index is -0.136. The number of aryl methyl sites for hydroxylation is 1. The van der Waals surface area contributed by atoms with E-state index in [1.54, 1.807) is 57.7 Å². The summed E-state index contributed by atoms with van der Waals surface area (Å²) < 4.78 is 44.0. The van der Waals surface area contributed by atoms with Gasteiger partial charge >= 0.3 is 0 Å². The van der Waals surface area contributed by atoms with Crippen molar-refractivity contribution in [2.45, 2.75) is 131 Å². The molecule has 38 heteroatoms. The van der Waals surface area contributed by atoms with Crippen LogP contribution in [0.25, 0.3) is 44.0 Å². The lowest BCUT2D eigenvalue weighted by Crippen LogP contribution is -2.50. The molecule has 14 aromatic rings. The van der Waals surface area contributed by atoms with Gasteiger partial charge in [0.1, 0.15) is 46.3 Å². The fourth-order valence-corrected chi connectivity index (χ4v) is 18.0. The minimum absolute atomic E-state index is 0.0113. The molecule has 4 aliphatic heterocycles. The van der Waals surface area contributed by atoms with Crippen LogP contribution in [0.3, 0.4) is 0 Å². The van der Waals surface area contributed by atoms with Gasteiger partial charge in [-0.2, -0.15) is 29.9 Å². The monoisotopic (exact) mass is 2140 g/mol. The van der Waals surface area contributed by atoms with Crippen molar-refractivity contribution in [1.82, 2.24) is 78.4 Å². The van der Waals surface area contributed by atoms with Crippen LogP contribution in [-0.2, 0) is 61.8 Å². The number of ether oxygens (including phenoxy) is 7. The van der Waals surface area contributed by atoms with E-state index in [4.69, 9.17) is 113 Å². The maximum Gasteiger partial charge on any atom is 0.266 e. The molecule has 33 nitrogen and oxygen atoms in total. The molecule has 4 aromatic heterocycles. The summed E-state index contributed by atoms with van der Waals surface area (Å²) in [7, 11) is 0. The Morgan fingerprint density at radius 2 is 0.927 bits per heavy atom. The third kappa shape index (κ3) is 33.0. The molecule has 0 atom stereocenters. The van der Waals surface area contributed by atoms with Gasteiger partial charge in [-0.3, -0.25) is 52.7 Å². The molecule has 4 aliphatic rings. The quantitative estimate of drug-likeness (QED) is 0.0209. The second-order valence-corrected chi connectivity index (χ2v) is 38.4. The van der Waals surface area contributed by atoms with Crippen molar-refractivity contribution in [3.63, 3.8) is 0 Å². The minimum Gasteiger partial charge on any atom is -0.494 e. The molecule has 4 saturated heterocycles. The van der Waals surface area contributed by atoms with Crippen LogP contribution in [0.2, 0.25) is 10.0 Å². The summed E-state index contributed by atoms with van der Waals surface area (Å²) in [5.74, 6) is 6.83. The molecule has 0 aliphatic carbocycles. The van der Waals surface area contributed by atoms with Gasteiger partial charge in [-0.25, -0.2) is 9.97 Å². The van der Waals surface area contributed by atoms with E-state index in [1.165, 1.54) is 31.1 Å². The predicted octanol–water partition coefficient (Wildman–Crippen LogP) is 18.7. The predicted molar refractivity (Wildman–Crippen MR) is 595 cm³/mol. The largest absolute Gasteiger partial charge is 0.494 e. The van der Waals surface area contributed by atoms with Crippen molar-refractivity contribution >= 4 is 149 Å².